The smallest absolute Gasteiger partial charge is 0.275 e. The number of nitrogens with zero attached hydrogens (tertiary/aromatic N) is 3. The summed E-state index contributed by atoms with van der Waals surface area (Å²) < 4.78 is 7.24. The van der Waals surface area contributed by atoms with E-state index in [9.17, 15) is 9.59 Å². The maximum absolute atomic E-state index is 12.9. The summed E-state index contributed by atoms with van der Waals surface area (Å²) in [5, 5.41) is 8.26. The van der Waals surface area contributed by atoms with E-state index < -0.39 is 6.10 Å². The van der Waals surface area contributed by atoms with Crippen LogP contribution in [0.2, 0.25) is 0 Å². The highest BCUT2D eigenvalue weighted by Gasteiger charge is 2.20. The number of fused-ring (bicyclic) bond motifs is 1. The van der Waals surface area contributed by atoms with E-state index in [0.717, 1.165) is 22.7 Å². The number of anilines is 1. The normalized spacial score (nSPS) is 11.9. The third-order valence-corrected chi connectivity index (χ3v) is 7.08. The Labute approximate surface area is 206 Å². The van der Waals surface area contributed by atoms with Crippen molar-refractivity contribution in [2.45, 2.75) is 49.9 Å². The lowest BCUT2D eigenvalue weighted by Gasteiger charge is -2.18. The summed E-state index contributed by atoms with van der Waals surface area (Å²) in [7, 11) is 0. The molecule has 0 aliphatic heterocycles. The topological polar surface area (TPSA) is 85.6 Å². The first kappa shape index (κ1) is 24.0. The van der Waals surface area contributed by atoms with Gasteiger partial charge in [-0.25, -0.2) is 4.98 Å². The highest BCUT2D eigenvalue weighted by molar-refractivity contribution is 7.98. The molecule has 0 saturated carbocycles. The molecular formula is C25H26N4O3S2. The fourth-order valence-corrected chi connectivity index (χ4v) is 5.25. The van der Waals surface area contributed by atoms with E-state index in [1.54, 1.807) is 0 Å². The predicted octanol–water partition coefficient (Wildman–Crippen LogP) is 5.19. The van der Waals surface area contributed by atoms with Crippen molar-refractivity contribution in [3.63, 3.8) is 0 Å². The Hall–Kier alpha value is -3.17. The van der Waals surface area contributed by atoms with Crippen molar-refractivity contribution in [1.29, 1.82) is 0 Å². The molecule has 0 saturated heterocycles. The second-order valence-corrected chi connectivity index (χ2v) is 9.69. The van der Waals surface area contributed by atoms with Gasteiger partial charge in [-0.15, -0.1) is 11.8 Å². The average molecular weight is 495 g/mol. The Balaban J connectivity index is 1.46. The van der Waals surface area contributed by atoms with Crippen LogP contribution in [0.1, 0.15) is 37.4 Å². The number of thioether (sulfide) groups is 1. The number of aromatic nitrogens is 3. The zero-order valence-electron chi connectivity index (χ0n) is 19.1. The number of rotatable bonds is 10. The molecule has 1 unspecified atom stereocenters. The number of carbonyl (C=O) groups excluding carboxylic acids is 1. The Morgan fingerprint density at radius 1 is 1.15 bits per heavy atom. The van der Waals surface area contributed by atoms with Crippen LogP contribution in [-0.4, -0.2) is 26.6 Å². The number of hydrogen-bond donors (Lipinski definition) is 1. The quantitative estimate of drug-likeness (QED) is 0.305. The summed E-state index contributed by atoms with van der Waals surface area (Å²) in [6.45, 7) is 4.00. The molecule has 2 aromatic carbocycles. The molecule has 34 heavy (non-hydrogen) atoms. The van der Waals surface area contributed by atoms with Crippen molar-refractivity contribution in [1.82, 2.24) is 14.6 Å². The molecule has 0 spiro atoms. The molecule has 2 heterocycles. The van der Waals surface area contributed by atoms with Gasteiger partial charge in [-0.3, -0.25) is 9.59 Å². The molecular weight excluding hydrogens is 468 g/mol. The number of aryl methyl sites for hydroxylation is 1. The molecule has 0 fully saturated rings. The molecule has 1 amide bonds. The summed E-state index contributed by atoms with van der Waals surface area (Å²) in [4.78, 5) is 31.5. The summed E-state index contributed by atoms with van der Waals surface area (Å²) >= 11 is 2.97. The first-order chi connectivity index (χ1) is 16.6. The molecule has 0 bridgehead atoms. The third kappa shape index (κ3) is 5.84. The van der Waals surface area contributed by atoms with Gasteiger partial charge in [0.25, 0.3) is 11.5 Å². The summed E-state index contributed by atoms with van der Waals surface area (Å²) in [6, 6.07) is 18.4. The summed E-state index contributed by atoms with van der Waals surface area (Å²) in [5.41, 5.74) is 1.21. The van der Waals surface area contributed by atoms with Gasteiger partial charge in [-0.1, -0.05) is 55.5 Å². The van der Waals surface area contributed by atoms with E-state index in [1.807, 2.05) is 61.5 Å². The molecule has 1 N–H and O–H groups in total. The first-order valence-corrected chi connectivity index (χ1v) is 13.0. The van der Waals surface area contributed by atoms with Gasteiger partial charge in [0.05, 0.1) is 11.4 Å². The number of carbonyl (C=O) groups is 1. The van der Waals surface area contributed by atoms with Crippen LogP contribution in [0.3, 0.4) is 0 Å². The molecule has 0 aliphatic carbocycles. The monoisotopic (exact) mass is 494 g/mol. The van der Waals surface area contributed by atoms with Gasteiger partial charge < -0.3 is 10.1 Å². The van der Waals surface area contributed by atoms with Crippen LogP contribution in [0.4, 0.5) is 5.69 Å². The lowest BCUT2D eigenvalue weighted by atomic mass is 10.2. The lowest BCUT2D eigenvalue weighted by molar-refractivity contribution is -0.122. The van der Waals surface area contributed by atoms with E-state index in [0.29, 0.717) is 34.3 Å². The van der Waals surface area contributed by atoms with Gasteiger partial charge >= 0.3 is 0 Å². The zero-order valence-corrected chi connectivity index (χ0v) is 20.7. The van der Waals surface area contributed by atoms with Gasteiger partial charge in [-0.05, 0) is 37.1 Å². The molecule has 1 atom stereocenters. The van der Waals surface area contributed by atoms with Crippen LogP contribution in [0.15, 0.2) is 70.4 Å². The lowest BCUT2D eigenvalue weighted by Crippen LogP contribution is -2.32. The number of nitrogens with one attached hydrogen (secondary N) is 1. The average Bonchev–Trinajstić information content (AvgIpc) is 3.26. The minimum Gasteiger partial charge on any atom is -0.481 e. The molecule has 176 valence electrons. The largest absolute Gasteiger partial charge is 0.481 e. The number of amides is 1. The zero-order chi connectivity index (χ0) is 23.9. The molecule has 4 rings (SSSR count). The van der Waals surface area contributed by atoms with Crippen LogP contribution in [-0.2, 0) is 17.0 Å². The standard InChI is InChI=1S/C25H26N4O3S2/c1-3-10-22-28-29-23(30)15-17(26-25(29)34-22)16-33-21-14-9-8-13-19(21)27-24(31)20(4-2)32-18-11-6-5-7-12-18/h5-9,11-15,20H,3-4,10,16H2,1-2H3,(H,27,31). The minimum atomic E-state index is -0.603. The van der Waals surface area contributed by atoms with Gasteiger partial charge in [0.1, 0.15) is 10.8 Å². The van der Waals surface area contributed by atoms with E-state index in [4.69, 9.17) is 4.74 Å². The summed E-state index contributed by atoms with van der Waals surface area (Å²) in [6.07, 6.45) is 1.74. The van der Waals surface area contributed by atoms with Gasteiger partial charge in [-0.2, -0.15) is 9.61 Å². The second kappa shape index (κ2) is 11.3. The van der Waals surface area contributed by atoms with E-state index in [2.05, 4.69) is 22.3 Å². The first-order valence-electron chi connectivity index (χ1n) is 11.2. The maximum atomic E-state index is 12.9. The highest BCUT2D eigenvalue weighted by Crippen LogP contribution is 2.30. The van der Waals surface area contributed by atoms with Crippen molar-refractivity contribution in [2.75, 3.05) is 5.32 Å². The van der Waals surface area contributed by atoms with Crippen molar-refractivity contribution in [3.8, 4) is 5.75 Å². The molecule has 9 heteroatoms. The van der Waals surface area contributed by atoms with Crippen LogP contribution < -0.4 is 15.6 Å². The maximum Gasteiger partial charge on any atom is 0.275 e. The van der Waals surface area contributed by atoms with Crippen LogP contribution in [0.5, 0.6) is 5.75 Å². The molecule has 7 nitrogen and oxygen atoms in total. The second-order valence-electron chi connectivity index (χ2n) is 7.63. The predicted molar refractivity (Wildman–Crippen MR) is 137 cm³/mol. The highest BCUT2D eigenvalue weighted by atomic mass is 32.2. The SMILES string of the molecule is CCCc1nn2c(=O)cc(CSc3ccccc3NC(=O)C(CC)Oc3ccccc3)nc2s1. The number of hydrogen-bond acceptors (Lipinski definition) is 7. The van der Waals surface area contributed by atoms with Gasteiger partial charge in [0, 0.05) is 23.1 Å². The number of para-hydroxylation sites is 2. The molecule has 2 aromatic heterocycles. The Kier molecular flexibility index (Phi) is 7.97. The van der Waals surface area contributed by atoms with Crippen LogP contribution in [0, 0.1) is 0 Å². The van der Waals surface area contributed by atoms with Crippen molar-refractivity contribution >= 4 is 39.7 Å². The van der Waals surface area contributed by atoms with Crippen molar-refractivity contribution in [2.24, 2.45) is 0 Å². The Bertz CT molecular complexity index is 1320. The Morgan fingerprint density at radius 2 is 1.91 bits per heavy atom. The van der Waals surface area contributed by atoms with Gasteiger partial charge in [0.15, 0.2) is 6.10 Å². The van der Waals surface area contributed by atoms with E-state index in [-0.39, 0.29) is 11.5 Å². The van der Waals surface area contributed by atoms with Crippen LogP contribution in [0.25, 0.3) is 4.96 Å². The fourth-order valence-electron chi connectivity index (χ4n) is 3.33. The van der Waals surface area contributed by atoms with Crippen molar-refractivity contribution < 1.29 is 9.53 Å². The number of benzene rings is 2. The van der Waals surface area contributed by atoms with E-state index in [1.165, 1.54) is 33.7 Å². The molecule has 0 radical (unpaired) electrons. The van der Waals surface area contributed by atoms with Crippen LogP contribution >= 0.6 is 23.1 Å². The Morgan fingerprint density at radius 3 is 2.68 bits per heavy atom. The third-order valence-electron chi connectivity index (χ3n) is 5.01. The molecule has 0 aliphatic rings. The molecule has 4 aromatic rings. The van der Waals surface area contributed by atoms with E-state index >= 15 is 0 Å². The fraction of sp³-hybridized carbons (Fsp3) is 0.280. The summed E-state index contributed by atoms with van der Waals surface area (Å²) in [5.74, 6) is 0.951. The minimum absolute atomic E-state index is 0.176. The number of ether oxygens (including phenoxy) is 1. The van der Waals surface area contributed by atoms with Gasteiger partial charge in [0.2, 0.25) is 4.96 Å². The van der Waals surface area contributed by atoms with Crippen molar-refractivity contribution in [3.05, 3.63) is 81.7 Å².